The van der Waals surface area contributed by atoms with Gasteiger partial charge in [-0.3, -0.25) is 0 Å². The average molecular weight is 284 g/mol. The Labute approximate surface area is 125 Å². The van der Waals surface area contributed by atoms with Crippen molar-refractivity contribution in [2.24, 2.45) is 0 Å². The largest absolute Gasteiger partial charge is 0.366 e. The SMILES string of the molecule is Cc1ccc(NC(C#N)c2ccc(C(C)(C)C)s2)cc1. The van der Waals surface area contributed by atoms with Crippen molar-refractivity contribution in [2.45, 2.75) is 39.2 Å². The van der Waals surface area contributed by atoms with Crippen LogP contribution >= 0.6 is 11.3 Å². The van der Waals surface area contributed by atoms with Gasteiger partial charge in [0.15, 0.2) is 0 Å². The van der Waals surface area contributed by atoms with E-state index in [2.05, 4.69) is 51.2 Å². The second-order valence-corrected chi connectivity index (χ2v) is 7.14. The summed E-state index contributed by atoms with van der Waals surface area (Å²) >= 11 is 1.71. The summed E-state index contributed by atoms with van der Waals surface area (Å²) in [6.45, 7) is 8.63. The maximum Gasteiger partial charge on any atom is 0.149 e. The standard InChI is InChI=1S/C17H20N2S/c1-12-5-7-13(8-6-12)19-14(11-18)15-9-10-16(20-15)17(2,3)4/h5-10,14,19H,1-4H3. The van der Waals surface area contributed by atoms with Crippen LogP contribution in [0.2, 0.25) is 0 Å². The van der Waals surface area contributed by atoms with Crippen LogP contribution in [0.3, 0.4) is 0 Å². The molecule has 1 heterocycles. The average Bonchev–Trinajstić information content (AvgIpc) is 2.87. The molecule has 0 aliphatic rings. The molecule has 0 spiro atoms. The van der Waals surface area contributed by atoms with E-state index in [9.17, 15) is 5.26 Å². The molecule has 0 fully saturated rings. The van der Waals surface area contributed by atoms with Gasteiger partial charge >= 0.3 is 0 Å². The lowest BCUT2D eigenvalue weighted by molar-refractivity contribution is 0.604. The molecular formula is C17H20N2S. The third-order valence-corrected chi connectivity index (χ3v) is 4.72. The van der Waals surface area contributed by atoms with E-state index in [1.807, 2.05) is 24.3 Å². The predicted octanol–water partition coefficient (Wildman–Crippen LogP) is 5.03. The van der Waals surface area contributed by atoms with Gasteiger partial charge in [0.1, 0.15) is 6.04 Å². The molecule has 0 radical (unpaired) electrons. The molecule has 1 aromatic heterocycles. The van der Waals surface area contributed by atoms with Crippen molar-refractivity contribution in [3.63, 3.8) is 0 Å². The van der Waals surface area contributed by atoms with E-state index >= 15 is 0 Å². The highest BCUT2D eigenvalue weighted by Crippen LogP contribution is 2.33. The highest BCUT2D eigenvalue weighted by molar-refractivity contribution is 7.12. The molecule has 1 unspecified atom stereocenters. The van der Waals surface area contributed by atoms with Crippen molar-refractivity contribution in [1.29, 1.82) is 5.26 Å². The maximum atomic E-state index is 9.40. The topological polar surface area (TPSA) is 35.8 Å². The molecular weight excluding hydrogens is 264 g/mol. The lowest BCUT2D eigenvalue weighted by Gasteiger charge is -2.16. The molecule has 20 heavy (non-hydrogen) atoms. The van der Waals surface area contributed by atoms with Gasteiger partial charge < -0.3 is 5.32 Å². The summed E-state index contributed by atoms with van der Waals surface area (Å²) in [6, 6.07) is 14.4. The number of aryl methyl sites for hydroxylation is 1. The molecule has 1 aromatic carbocycles. The number of rotatable bonds is 3. The second-order valence-electron chi connectivity index (χ2n) is 6.02. The highest BCUT2D eigenvalue weighted by Gasteiger charge is 2.19. The van der Waals surface area contributed by atoms with Gasteiger partial charge in [-0.1, -0.05) is 38.5 Å². The number of nitriles is 1. The second kappa shape index (κ2) is 5.68. The minimum absolute atomic E-state index is 0.132. The van der Waals surface area contributed by atoms with E-state index < -0.39 is 0 Å². The Hall–Kier alpha value is -1.79. The lowest BCUT2D eigenvalue weighted by atomic mass is 9.95. The zero-order valence-electron chi connectivity index (χ0n) is 12.4. The summed E-state index contributed by atoms with van der Waals surface area (Å²) in [5.74, 6) is 0. The lowest BCUT2D eigenvalue weighted by Crippen LogP contribution is -2.08. The maximum absolute atomic E-state index is 9.40. The Kier molecular flexibility index (Phi) is 4.15. The smallest absolute Gasteiger partial charge is 0.149 e. The molecule has 0 amide bonds. The third-order valence-electron chi connectivity index (χ3n) is 3.14. The molecule has 0 aliphatic carbocycles. The molecule has 2 rings (SSSR count). The quantitative estimate of drug-likeness (QED) is 0.858. The van der Waals surface area contributed by atoms with Gasteiger partial charge in [-0.25, -0.2) is 0 Å². The fourth-order valence-corrected chi connectivity index (χ4v) is 2.96. The van der Waals surface area contributed by atoms with Crippen LogP contribution in [0.15, 0.2) is 36.4 Å². The zero-order chi connectivity index (χ0) is 14.8. The van der Waals surface area contributed by atoms with Crippen molar-refractivity contribution in [2.75, 3.05) is 5.32 Å². The van der Waals surface area contributed by atoms with Gasteiger partial charge in [-0.2, -0.15) is 5.26 Å². The van der Waals surface area contributed by atoms with Crippen LogP contribution in [-0.2, 0) is 5.41 Å². The van der Waals surface area contributed by atoms with Crippen LogP contribution in [0.5, 0.6) is 0 Å². The van der Waals surface area contributed by atoms with Gasteiger partial charge in [0.05, 0.1) is 6.07 Å². The number of benzene rings is 1. The van der Waals surface area contributed by atoms with Gasteiger partial charge in [0.2, 0.25) is 0 Å². The van der Waals surface area contributed by atoms with Crippen molar-refractivity contribution in [3.8, 4) is 6.07 Å². The first-order valence-corrected chi connectivity index (χ1v) is 7.55. The Morgan fingerprint density at radius 2 is 1.75 bits per heavy atom. The van der Waals surface area contributed by atoms with Crippen LogP contribution in [-0.4, -0.2) is 0 Å². The third kappa shape index (κ3) is 3.40. The molecule has 0 aliphatic heterocycles. The van der Waals surface area contributed by atoms with E-state index in [-0.39, 0.29) is 11.5 Å². The van der Waals surface area contributed by atoms with Gasteiger partial charge in [0, 0.05) is 15.4 Å². The van der Waals surface area contributed by atoms with Crippen molar-refractivity contribution < 1.29 is 0 Å². The Bertz CT molecular complexity index is 612. The number of anilines is 1. The van der Waals surface area contributed by atoms with Crippen molar-refractivity contribution in [1.82, 2.24) is 0 Å². The minimum atomic E-state index is -0.293. The molecule has 104 valence electrons. The Morgan fingerprint density at radius 3 is 2.25 bits per heavy atom. The van der Waals surface area contributed by atoms with Gasteiger partial charge in [-0.05, 0) is 36.6 Å². The van der Waals surface area contributed by atoms with E-state index in [1.165, 1.54) is 10.4 Å². The normalized spacial score (nSPS) is 12.8. The summed E-state index contributed by atoms with van der Waals surface area (Å²) in [7, 11) is 0. The van der Waals surface area contributed by atoms with E-state index in [4.69, 9.17) is 0 Å². The minimum Gasteiger partial charge on any atom is -0.366 e. The van der Waals surface area contributed by atoms with Crippen LogP contribution in [0, 0.1) is 18.3 Å². The fourth-order valence-electron chi connectivity index (χ4n) is 1.89. The summed E-state index contributed by atoms with van der Waals surface area (Å²) in [6.07, 6.45) is 0. The number of hydrogen-bond donors (Lipinski definition) is 1. The van der Waals surface area contributed by atoms with Gasteiger partial charge in [-0.15, -0.1) is 11.3 Å². The first-order chi connectivity index (χ1) is 9.40. The number of nitrogens with zero attached hydrogens (tertiary/aromatic N) is 1. The molecule has 2 aromatic rings. The molecule has 3 heteroatoms. The van der Waals surface area contributed by atoms with Crippen LogP contribution in [0.25, 0.3) is 0 Å². The number of thiophene rings is 1. The predicted molar refractivity (Wildman–Crippen MR) is 86.2 cm³/mol. The number of nitrogens with one attached hydrogen (secondary N) is 1. The van der Waals surface area contributed by atoms with Crippen LogP contribution < -0.4 is 5.32 Å². The summed E-state index contributed by atoms with van der Waals surface area (Å²) in [4.78, 5) is 2.37. The summed E-state index contributed by atoms with van der Waals surface area (Å²) in [5.41, 5.74) is 2.33. The Balaban J connectivity index is 2.19. The first-order valence-electron chi connectivity index (χ1n) is 6.73. The summed E-state index contributed by atoms with van der Waals surface area (Å²) in [5, 5.41) is 12.7. The van der Waals surface area contributed by atoms with Crippen LogP contribution in [0.4, 0.5) is 5.69 Å². The van der Waals surface area contributed by atoms with Crippen molar-refractivity contribution in [3.05, 3.63) is 51.7 Å². The van der Waals surface area contributed by atoms with E-state index in [0.29, 0.717) is 0 Å². The molecule has 1 N–H and O–H groups in total. The molecule has 0 bridgehead atoms. The molecule has 2 nitrogen and oxygen atoms in total. The molecule has 0 saturated carbocycles. The van der Waals surface area contributed by atoms with E-state index in [0.717, 1.165) is 10.6 Å². The highest BCUT2D eigenvalue weighted by atomic mass is 32.1. The van der Waals surface area contributed by atoms with Crippen molar-refractivity contribution >= 4 is 17.0 Å². The van der Waals surface area contributed by atoms with E-state index in [1.54, 1.807) is 11.3 Å². The molecule has 0 saturated heterocycles. The first kappa shape index (κ1) is 14.6. The Morgan fingerprint density at radius 1 is 1.10 bits per heavy atom. The monoisotopic (exact) mass is 284 g/mol. The van der Waals surface area contributed by atoms with Gasteiger partial charge in [0.25, 0.3) is 0 Å². The van der Waals surface area contributed by atoms with Crippen LogP contribution in [0.1, 0.15) is 42.1 Å². The number of hydrogen-bond acceptors (Lipinski definition) is 3. The summed E-state index contributed by atoms with van der Waals surface area (Å²) < 4.78 is 0. The molecule has 1 atom stereocenters. The fraction of sp³-hybridized carbons (Fsp3) is 0.353. The zero-order valence-corrected chi connectivity index (χ0v) is 13.2.